The minimum atomic E-state index is -0.809. The fraction of sp³-hybridized carbons (Fsp3) is 0.375. The molecule has 0 saturated carbocycles. The summed E-state index contributed by atoms with van der Waals surface area (Å²) in [4.78, 5) is 15.3. The van der Waals surface area contributed by atoms with Gasteiger partial charge in [-0.05, 0) is 36.4 Å². The normalized spacial score (nSPS) is 12.3. The number of nitrogens with zero attached hydrogens (tertiary/aromatic N) is 1. The van der Waals surface area contributed by atoms with Crippen LogP contribution in [0.2, 0.25) is 5.02 Å². The van der Waals surface area contributed by atoms with Crippen molar-refractivity contribution >= 4 is 40.2 Å². The van der Waals surface area contributed by atoms with Gasteiger partial charge < -0.3 is 9.84 Å². The van der Waals surface area contributed by atoms with Crippen LogP contribution in [0.15, 0.2) is 30.5 Å². The summed E-state index contributed by atoms with van der Waals surface area (Å²) in [5.41, 5.74) is 0.699. The Morgan fingerprint density at radius 1 is 1.45 bits per heavy atom. The molecule has 0 unspecified atom stereocenters. The van der Waals surface area contributed by atoms with Crippen LogP contribution in [-0.2, 0) is 4.79 Å². The number of carboxylic acid groups (broad SMARTS) is 1. The molecule has 4 nitrogen and oxygen atoms in total. The number of pyridine rings is 1. The maximum absolute atomic E-state index is 10.9. The van der Waals surface area contributed by atoms with Gasteiger partial charge in [-0.15, -0.1) is 0 Å². The standard InChI is InChI=1S/C16H18ClNO3S/c1-2-8-22-11(9-15(19)20)10-21-14-6-5-13(17)12-4-3-7-18-16(12)14/h3-7,11H,2,8-10H2,1H3,(H,19,20)/t11-/m0/s1. The molecule has 1 N–H and O–H groups in total. The Labute approximate surface area is 138 Å². The first-order valence-electron chi connectivity index (χ1n) is 7.11. The lowest BCUT2D eigenvalue weighted by molar-refractivity contribution is -0.137. The molecule has 1 heterocycles. The first kappa shape index (κ1) is 16.9. The number of hydrogen-bond acceptors (Lipinski definition) is 4. The average Bonchev–Trinajstić information content (AvgIpc) is 2.51. The van der Waals surface area contributed by atoms with Gasteiger partial charge >= 0.3 is 5.97 Å². The number of hydrogen-bond donors (Lipinski definition) is 1. The summed E-state index contributed by atoms with van der Waals surface area (Å²) in [6.07, 6.45) is 2.78. The van der Waals surface area contributed by atoms with Gasteiger partial charge in [-0.1, -0.05) is 18.5 Å². The van der Waals surface area contributed by atoms with Gasteiger partial charge in [-0.2, -0.15) is 11.8 Å². The number of aromatic nitrogens is 1. The van der Waals surface area contributed by atoms with Crippen molar-refractivity contribution in [3.05, 3.63) is 35.5 Å². The lowest BCUT2D eigenvalue weighted by atomic mass is 10.2. The number of fused-ring (bicyclic) bond motifs is 1. The first-order chi connectivity index (χ1) is 10.6. The lowest BCUT2D eigenvalue weighted by Crippen LogP contribution is -2.19. The highest BCUT2D eigenvalue weighted by Crippen LogP contribution is 2.30. The van der Waals surface area contributed by atoms with Crippen LogP contribution in [0.4, 0.5) is 0 Å². The number of aliphatic carboxylic acids is 1. The Morgan fingerprint density at radius 3 is 3.00 bits per heavy atom. The van der Waals surface area contributed by atoms with Crippen molar-refractivity contribution in [3.8, 4) is 5.75 Å². The van der Waals surface area contributed by atoms with E-state index in [1.807, 2.05) is 12.1 Å². The number of carboxylic acids is 1. The lowest BCUT2D eigenvalue weighted by Gasteiger charge is -2.16. The van der Waals surface area contributed by atoms with Crippen molar-refractivity contribution in [1.82, 2.24) is 4.98 Å². The number of halogens is 1. The Bertz CT molecular complexity index is 650. The molecule has 22 heavy (non-hydrogen) atoms. The molecule has 1 aromatic carbocycles. The highest BCUT2D eigenvalue weighted by atomic mass is 35.5. The number of ether oxygens (including phenoxy) is 1. The van der Waals surface area contributed by atoms with Crippen molar-refractivity contribution in [3.63, 3.8) is 0 Å². The Morgan fingerprint density at radius 2 is 2.27 bits per heavy atom. The van der Waals surface area contributed by atoms with Gasteiger partial charge in [0.2, 0.25) is 0 Å². The van der Waals surface area contributed by atoms with Gasteiger partial charge in [0.15, 0.2) is 0 Å². The van der Waals surface area contributed by atoms with E-state index in [1.54, 1.807) is 30.1 Å². The highest BCUT2D eigenvalue weighted by Gasteiger charge is 2.15. The summed E-state index contributed by atoms with van der Waals surface area (Å²) >= 11 is 7.78. The third kappa shape index (κ3) is 4.52. The van der Waals surface area contributed by atoms with E-state index in [4.69, 9.17) is 21.4 Å². The highest BCUT2D eigenvalue weighted by molar-refractivity contribution is 7.99. The van der Waals surface area contributed by atoms with E-state index < -0.39 is 5.97 Å². The molecular weight excluding hydrogens is 322 g/mol. The Balaban J connectivity index is 2.12. The number of benzene rings is 1. The van der Waals surface area contributed by atoms with Crippen molar-refractivity contribution < 1.29 is 14.6 Å². The summed E-state index contributed by atoms with van der Waals surface area (Å²) < 4.78 is 5.83. The first-order valence-corrected chi connectivity index (χ1v) is 8.54. The quantitative estimate of drug-likeness (QED) is 0.779. The van der Waals surface area contributed by atoms with Crippen LogP contribution in [0.5, 0.6) is 5.75 Å². The van der Waals surface area contributed by atoms with Crippen LogP contribution in [0.1, 0.15) is 19.8 Å². The SMILES string of the molecule is CCCS[C@H](COc1ccc(Cl)c2cccnc12)CC(=O)O. The molecule has 0 radical (unpaired) electrons. The summed E-state index contributed by atoms with van der Waals surface area (Å²) in [5.74, 6) is 0.741. The van der Waals surface area contributed by atoms with Gasteiger partial charge in [0.05, 0.1) is 11.4 Å². The molecule has 0 fully saturated rings. The summed E-state index contributed by atoms with van der Waals surface area (Å²) in [6.45, 7) is 2.41. The summed E-state index contributed by atoms with van der Waals surface area (Å²) in [6, 6.07) is 7.26. The predicted octanol–water partition coefficient (Wildman–Crippen LogP) is 4.25. The zero-order valence-corrected chi connectivity index (χ0v) is 13.9. The number of carbonyl (C=O) groups is 1. The maximum Gasteiger partial charge on any atom is 0.304 e. The summed E-state index contributed by atoms with van der Waals surface area (Å²) in [5, 5.41) is 10.4. The molecular formula is C16H18ClNO3S. The van der Waals surface area contributed by atoms with Crippen LogP contribution in [0.3, 0.4) is 0 Å². The number of rotatable bonds is 8. The fourth-order valence-corrected chi connectivity index (χ4v) is 3.27. The monoisotopic (exact) mass is 339 g/mol. The largest absolute Gasteiger partial charge is 0.490 e. The molecule has 1 atom stereocenters. The molecule has 0 amide bonds. The third-order valence-electron chi connectivity index (χ3n) is 3.06. The predicted molar refractivity (Wildman–Crippen MR) is 91.0 cm³/mol. The maximum atomic E-state index is 10.9. The minimum Gasteiger partial charge on any atom is -0.490 e. The second kappa shape index (κ2) is 8.25. The smallest absolute Gasteiger partial charge is 0.304 e. The molecule has 0 aliphatic carbocycles. The van der Waals surface area contributed by atoms with Gasteiger partial charge in [-0.25, -0.2) is 0 Å². The van der Waals surface area contributed by atoms with E-state index in [-0.39, 0.29) is 11.7 Å². The van der Waals surface area contributed by atoms with Crippen molar-refractivity contribution in [2.45, 2.75) is 25.0 Å². The average molecular weight is 340 g/mol. The van der Waals surface area contributed by atoms with E-state index in [9.17, 15) is 4.79 Å². The van der Waals surface area contributed by atoms with Crippen LogP contribution in [-0.4, -0.2) is 33.7 Å². The van der Waals surface area contributed by atoms with E-state index in [2.05, 4.69) is 11.9 Å². The van der Waals surface area contributed by atoms with Crippen LogP contribution >= 0.6 is 23.4 Å². The number of thioether (sulfide) groups is 1. The molecule has 6 heteroatoms. The van der Waals surface area contributed by atoms with Crippen LogP contribution in [0.25, 0.3) is 10.9 Å². The van der Waals surface area contributed by atoms with Gasteiger partial charge in [0.25, 0.3) is 0 Å². The van der Waals surface area contributed by atoms with E-state index in [0.29, 0.717) is 22.9 Å². The molecule has 0 aliphatic heterocycles. The Hall–Kier alpha value is -1.46. The van der Waals surface area contributed by atoms with Gasteiger partial charge in [0, 0.05) is 16.8 Å². The second-order valence-electron chi connectivity index (χ2n) is 4.85. The van der Waals surface area contributed by atoms with E-state index in [1.165, 1.54) is 0 Å². The zero-order chi connectivity index (χ0) is 15.9. The van der Waals surface area contributed by atoms with Gasteiger partial charge in [-0.3, -0.25) is 9.78 Å². The van der Waals surface area contributed by atoms with E-state index in [0.717, 1.165) is 17.6 Å². The van der Waals surface area contributed by atoms with Crippen LogP contribution < -0.4 is 4.74 Å². The van der Waals surface area contributed by atoms with Crippen molar-refractivity contribution in [2.75, 3.05) is 12.4 Å². The molecule has 0 bridgehead atoms. The molecule has 0 aliphatic rings. The molecule has 118 valence electrons. The summed E-state index contributed by atoms with van der Waals surface area (Å²) in [7, 11) is 0. The van der Waals surface area contributed by atoms with E-state index >= 15 is 0 Å². The molecule has 1 aromatic heterocycles. The Kier molecular flexibility index (Phi) is 6.34. The second-order valence-corrected chi connectivity index (χ2v) is 6.66. The molecule has 0 spiro atoms. The molecule has 2 rings (SSSR count). The van der Waals surface area contributed by atoms with Crippen molar-refractivity contribution in [1.29, 1.82) is 0 Å². The topological polar surface area (TPSA) is 59.4 Å². The molecule has 2 aromatic rings. The van der Waals surface area contributed by atoms with Gasteiger partial charge in [0.1, 0.15) is 17.9 Å². The van der Waals surface area contributed by atoms with Crippen LogP contribution in [0, 0.1) is 0 Å². The zero-order valence-electron chi connectivity index (χ0n) is 12.3. The minimum absolute atomic E-state index is 0.0770. The third-order valence-corrected chi connectivity index (χ3v) is 4.81. The molecule has 0 saturated heterocycles. The van der Waals surface area contributed by atoms with Crippen molar-refractivity contribution in [2.24, 2.45) is 0 Å². The fourth-order valence-electron chi connectivity index (χ4n) is 2.06.